The van der Waals surface area contributed by atoms with Crippen molar-refractivity contribution >= 4 is 18.0 Å². The molecule has 0 saturated heterocycles. The molecule has 2 aliphatic carbocycles. The zero-order valence-electron chi connectivity index (χ0n) is 18.2. The molecule has 1 fully saturated rings. The van der Waals surface area contributed by atoms with E-state index in [0.29, 0.717) is 5.92 Å². The van der Waals surface area contributed by atoms with Gasteiger partial charge in [0.25, 0.3) is 0 Å². The summed E-state index contributed by atoms with van der Waals surface area (Å²) in [6.07, 6.45) is 22.6. The Morgan fingerprint density at radius 2 is 2.27 bits per heavy atom. The molecule has 0 bridgehead atoms. The van der Waals surface area contributed by atoms with Gasteiger partial charge in [0.1, 0.15) is 0 Å². The summed E-state index contributed by atoms with van der Waals surface area (Å²) in [4.78, 5) is 4.33. The SMILES string of the molecule is C=C/C=C\C=C(/C)C(CO)C[C@H]1CCC2=Cc3c(cnn3C3=CN=CCC3)C[C@@]21C. The third-order valence-electron chi connectivity index (χ3n) is 7.32. The first kappa shape index (κ1) is 20.8. The average molecular weight is 404 g/mol. The Morgan fingerprint density at radius 1 is 1.40 bits per heavy atom. The maximum atomic E-state index is 10.1. The van der Waals surface area contributed by atoms with Crippen LogP contribution >= 0.6 is 0 Å². The summed E-state index contributed by atoms with van der Waals surface area (Å²) in [5.74, 6) is 0.776. The number of aliphatic hydroxyl groups excluding tert-OH is 1. The van der Waals surface area contributed by atoms with Gasteiger partial charge in [-0.1, -0.05) is 49.0 Å². The molecule has 158 valence electrons. The van der Waals surface area contributed by atoms with Gasteiger partial charge in [-0.15, -0.1) is 0 Å². The Labute approximate surface area is 180 Å². The maximum absolute atomic E-state index is 10.1. The van der Waals surface area contributed by atoms with Crippen LogP contribution in [0.1, 0.15) is 57.2 Å². The highest BCUT2D eigenvalue weighted by atomic mass is 16.3. The van der Waals surface area contributed by atoms with Gasteiger partial charge in [0, 0.05) is 24.9 Å². The number of hydrogen-bond acceptors (Lipinski definition) is 3. The fourth-order valence-electron chi connectivity index (χ4n) is 5.36. The van der Waals surface area contributed by atoms with Crippen LogP contribution in [0.5, 0.6) is 0 Å². The monoisotopic (exact) mass is 403 g/mol. The molecule has 1 aromatic rings. The number of rotatable bonds is 7. The summed E-state index contributed by atoms with van der Waals surface area (Å²) in [6.45, 7) is 8.48. The van der Waals surface area contributed by atoms with Gasteiger partial charge in [-0.3, -0.25) is 4.99 Å². The number of aliphatic hydroxyl groups is 1. The van der Waals surface area contributed by atoms with Crippen LogP contribution in [0.4, 0.5) is 0 Å². The van der Waals surface area contributed by atoms with Crippen molar-refractivity contribution in [2.24, 2.45) is 22.2 Å². The molecule has 1 N–H and O–H groups in total. The maximum Gasteiger partial charge on any atom is 0.0697 e. The Bertz CT molecular complexity index is 959. The molecule has 0 aromatic carbocycles. The van der Waals surface area contributed by atoms with Crippen LogP contribution in [0.3, 0.4) is 0 Å². The quantitative estimate of drug-likeness (QED) is 0.603. The van der Waals surface area contributed by atoms with Crippen molar-refractivity contribution in [3.63, 3.8) is 0 Å². The number of nitrogens with zero attached hydrogens (tertiary/aromatic N) is 3. The van der Waals surface area contributed by atoms with Crippen LogP contribution in [0.2, 0.25) is 0 Å². The van der Waals surface area contributed by atoms with Crippen LogP contribution in [0.25, 0.3) is 11.8 Å². The van der Waals surface area contributed by atoms with Gasteiger partial charge in [-0.05, 0) is 68.4 Å². The van der Waals surface area contributed by atoms with E-state index in [1.54, 1.807) is 11.6 Å². The number of hydrogen-bond donors (Lipinski definition) is 1. The second-order valence-corrected chi connectivity index (χ2v) is 9.10. The molecule has 1 aliphatic heterocycles. The zero-order chi connectivity index (χ0) is 21.1. The Balaban J connectivity index is 1.56. The highest BCUT2D eigenvalue weighted by Gasteiger charge is 2.46. The molecule has 30 heavy (non-hydrogen) atoms. The Kier molecular flexibility index (Phi) is 6.05. The van der Waals surface area contributed by atoms with Crippen LogP contribution < -0.4 is 0 Å². The number of aromatic nitrogens is 2. The molecular weight excluding hydrogens is 370 g/mol. The van der Waals surface area contributed by atoms with E-state index in [-0.39, 0.29) is 17.9 Å². The molecule has 3 atom stereocenters. The van der Waals surface area contributed by atoms with Crippen molar-refractivity contribution in [3.8, 4) is 0 Å². The minimum absolute atomic E-state index is 0.157. The number of fused-ring (bicyclic) bond motifs is 2. The normalized spacial score (nSPS) is 26.9. The molecular formula is C26H33N3O. The third-order valence-corrected chi connectivity index (χ3v) is 7.32. The standard InChI is InChI=1S/C26H33N3O/c1-4-5-6-8-19(2)20(18-30)13-22-10-11-23-14-25-21(15-26(22,23)3)16-28-29(25)24-9-7-12-27-17-24/h4-6,8,12,14,16-17,20,22,30H,1,7,9-11,13,15,18H2,2-3H3/b6-5-,19-8+/t20?,22-,26-/m1/s1. The van der Waals surface area contributed by atoms with E-state index >= 15 is 0 Å². The molecule has 4 rings (SSSR count). The van der Waals surface area contributed by atoms with Crippen molar-refractivity contribution in [1.29, 1.82) is 0 Å². The first-order valence-corrected chi connectivity index (χ1v) is 11.1. The van der Waals surface area contributed by atoms with E-state index in [1.165, 1.54) is 28.9 Å². The minimum atomic E-state index is 0.157. The van der Waals surface area contributed by atoms with Crippen LogP contribution in [-0.4, -0.2) is 27.7 Å². The second kappa shape index (κ2) is 8.73. The van der Waals surface area contributed by atoms with Crippen molar-refractivity contribution in [2.45, 2.75) is 52.4 Å². The fourth-order valence-corrected chi connectivity index (χ4v) is 5.36. The van der Waals surface area contributed by atoms with Crippen LogP contribution in [0, 0.1) is 17.3 Å². The van der Waals surface area contributed by atoms with E-state index in [4.69, 9.17) is 5.10 Å². The molecule has 3 aliphatic rings. The molecule has 0 spiro atoms. The van der Waals surface area contributed by atoms with Crippen LogP contribution in [-0.2, 0) is 6.42 Å². The van der Waals surface area contributed by atoms with Crippen molar-refractivity contribution < 1.29 is 5.11 Å². The Morgan fingerprint density at radius 3 is 3.00 bits per heavy atom. The molecule has 4 heteroatoms. The third kappa shape index (κ3) is 3.81. The zero-order valence-corrected chi connectivity index (χ0v) is 18.2. The largest absolute Gasteiger partial charge is 0.396 e. The van der Waals surface area contributed by atoms with E-state index in [2.05, 4.69) is 48.4 Å². The smallest absolute Gasteiger partial charge is 0.0697 e. The average Bonchev–Trinajstić information content (AvgIpc) is 3.30. The number of allylic oxidation sites excluding steroid dienone is 6. The van der Waals surface area contributed by atoms with Crippen LogP contribution in [0.15, 0.2) is 59.4 Å². The summed E-state index contributed by atoms with van der Waals surface area (Å²) in [7, 11) is 0. The highest BCUT2D eigenvalue weighted by Crippen LogP contribution is 2.55. The van der Waals surface area contributed by atoms with Gasteiger partial charge >= 0.3 is 0 Å². The lowest BCUT2D eigenvalue weighted by Gasteiger charge is -2.37. The van der Waals surface area contributed by atoms with Gasteiger partial charge in [0.2, 0.25) is 0 Å². The molecule has 1 saturated carbocycles. The predicted octanol–water partition coefficient (Wildman–Crippen LogP) is 5.59. The fraction of sp³-hybridized carbons (Fsp3) is 0.462. The summed E-state index contributed by atoms with van der Waals surface area (Å²) in [5, 5.41) is 14.8. The predicted molar refractivity (Wildman–Crippen MR) is 125 cm³/mol. The molecule has 2 heterocycles. The van der Waals surface area contributed by atoms with E-state index in [0.717, 1.165) is 32.1 Å². The Hall–Kier alpha value is -2.46. The number of aliphatic imine (C=N–C) groups is 1. The van der Waals surface area contributed by atoms with E-state index < -0.39 is 0 Å². The summed E-state index contributed by atoms with van der Waals surface area (Å²) in [6, 6.07) is 0. The topological polar surface area (TPSA) is 50.4 Å². The van der Waals surface area contributed by atoms with Crippen molar-refractivity contribution in [3.05, 3.63) is 65.7 Å². The molecule has 0 radical (unpaired) electrons. The summed E-state index contributed by atoms with van der Waals surface area (Å²) >= 11 is 0. The lowest BCUT2D eigenvalue weighted by molar-refractivity contribution is 0.179. The summed E-state index contributed by atoms with van der Waals surface area (Å²) in [5.41, 5.74) is 6.71. The van der Waals surface area contributed by atoms with Crippen molar-refractivity contribution in [1.82, 2.24) is 9.78 Å². The lowest BCUT2D eigenvalue weighted by Crippen LogP contribution is -2.31. The molecule has 0 amide bonds. The van der Waals surface area contributed by atoms with Gasteiger partial charge in [-0.2, -0.15) is 5.10 Å². The molecule has 1 aromatic heterocycles. The van der Waals surface area contributed by atoms with Gasteiger partial charge in [-0.25, -0.2) is 4.68 Å². The van der Waals surface area contributed by atoms with E-state index in [9.17, 15) is 5.11 Å². The summed E-state index contributed by atoms with van der Waals surface area (Å²) < 4.78 is 2.10. The van der Waals surface area contributed by atoms with E-state index in [1.807, 2.05) is 24.6 Å². The highest BCUT2D eigenvalue weighted by molar-refractivity contribution is 5.69. The van der Waals surface area contributed by atoms with Gasteiger partial charge < -0.3 is 5.11 Å². The first-order chi connectivity index (χ1) is 14.6. The minimum Gasteiger partial charge on any atom is -0.396 e. The molecule has 1 unspecified atom stereocenters. The van der Waals surface area contributed by atoms with Crippen molar-refractivity contribution in [2.75, 3.05) is 6.61 Å². The van der Waals surface area contributed by atoms with Gasteiger partial charge in [0.15, 0.2) is 0 Å². The van der Waals surface area contributed by atoms with Gasteiger partial charge in [0.05, 0.1) is 17.6 Å². The molecule has 4 nitrogen and oxygen atoms in total. The first-order valence-electron chi connectivity index (χ1n) is 11.1. The lowest BCUT2D eigenvalue weighted by atomic mass is 9.67. The second-order valence-electron chi connectivity index (χ2n) is 9.10.